The van der Waals surface area contributed by atoms with Crippen LogP contribution in [0.3, 0.4) is 0 Å². The van der Waals surface area contributed by atoms with E-state index in [4.69, 9.17) is 5.73 Å². The van der Waals surface area contributed by atoms with Crippen molar-refractivity contribution in [1.82, 2.24) is 0 Å². The van der Waals surface area contributed by atoms with Crippen LogP contribution in [0.15, 0.2) is 22.7 Å². The van der Waals surface area contributed by atoms with E-state index < -0.39 is 12.0 Å². The maximum Gasteiger partial charge on any atom is 0.327 e. The average Bonchev–Trinajstić information content (AvgIpc) is 2.20. The number of methoxy groups -OCH3 is 1. The van der Waals surface area contributed by atoms with Gasteiger partial charge in [0.2, 0.25) is 0 Å². The lowest BCUT2D eigenvalue weighted by molar-refractivity contribution is -0.142. The number of ether oxygens (including phenoxy) is 1. The highest BCUT2D eigenvalue weighted by atomic mass is 79.9. The van der Waals surface area contributed by atoms with E-state index in [1.165, 1.54) is 13.2 Å². The molecular weight excluding hydrogens is 250 g/mol. The Morgan fingerprint density at radius 3 is 2.86 bits per heavy atom. The number of benzene rings is 1. The van der Waals surface area contributed by atoms with Crippen LogP contribution in [0.2, 0.25) is 0 Å². The summed E-state index contributed by atoms with van der Waals surface area (Å²) in [6.07, 6.45) is 0. The third-order valence-electron chi connectivity index (χ3n) is 1.80. The highest BCUT2D eigenvalue weighted by molar-refractivity contribution is 9.10. The number of aromatic hydroxyl groups is 1. The fourth-order valence-corrected chi connectivity index (χ4v) is 1.54. The fourth-order valence-electron chi connectivity index (χ4n) is 1.03. The van der Waals surface area contributed by atoms with E-state index in [-0.39, 0.29) is 5.75 Å². The first-order chi connectivity index (χ1) is 6.57. The molecule has 1 unspecified atom stereocenters. The molecule has 0 saturated heterocycles. The molecule has 0 fully saturated rings. The molecular formula is C9H10BrNO3. The van der Waals surface area contributed by atoms with Crippen LogP contribution < -0.4 is 5.73 Å². The number of nitrogens with two attached hydrogens (primary N) is 1. The van der Waals surface area contributed by atoms with Gasteiger partial charge in [0.15, 0.2) is 0 Å². The first kappa shape index (κ1) is 11.0. The van der Waals surface area contributed by atoms with Gasteiger partial charge in [0.25, 0.3) is 0 Å². The number of carbonyl (C=O) groups is 1. The molecule has 1 aromatic rings. The van der Waals surface area contributed by atoms with Gasteiger partial charge in [-0.25, -0.2) is 0 Å². The van der Waals surface area contributed by atoms with Crippen LogP contribution in [0.4, 0.5) is 0 Å². The van der Waals surface area contributed by atoms with Gasteiger partial charge in [0, 0.05) is 0 Å². The maximum atomic E-state index is 11.1. The van der Waals surface area contributed by atoms with Crippen molar-refractivity contribution in [1.29, 1.82) is 0 Å². The van der Waals surface area contributed by atoms with Crippen molar-refractivity contribution in [3.8, 4) is 5.75 Å². The lowest BCUT2D eigenvalue weighted by Crippen LogP contribution is -2.22. The third kappa shape index (κ3) is 2.05. The number of esters is 1. The highest BCUT2D eigenvalue weighted by Gasteiger charge is 2.19. The Hall–Kier alpha value is -1.07. The van der Waals surface area contributed by atoms with Gasteiger partial charge >= 0.3 is 5.97 Å². The van der Waals surface area contributed by atoms with E-state index in [9.17, 15) is 9.90 Å². The van der Waals surface area contributed by atoms with Crippen LogP contribution in [-0.2, 0) is 9.53 Å². The molecule has 0 aliphatic heterocycles. The zero-order valence-electron chi connectivity index (χ0n) is 7.53. The molecule has 4 nitrogen and oxygen atoms in total. The number of hydrogen-bond acceptors (Lipinski definition) is 4. The van der Waals surface area contributed by atoms with Gasteiger partial charge in [-0.2, -0.15) is 0 Å². The first-order valence-corrected chi connectivity index (χ1v) is 4.68. The maximum absolute atomic E-state index is 11.1. The minimum Gasteiger partial charge on any atom is -0.507 e. The van der Waals surface area contributed by atoms with E-state index in [1.807, 2.05) is 0 Å². The van der Waals surface area contributed by atoms with Crippen LogP contribution in [-0.4, -0.2) is 18.2 Å². The van der Waals surface area contributed by atoms with E-state index in [0.717, 1.165) is 0 Å². The van der Waals surface area contributed by atoms with Crippen molar-refractivity contribution in [3.05, 3.63) is 28.2 Å². The molecule has 1 rings (SSSR count). The minimum absolute atomic E-state index is 0.0434. The molecule has 1 atom stereocenters. The molecule has 0 saturated carbocycles. The normalized spacial score (nSPS) is 12.2. The Morgan fingerprint density at radius 1 is 1.64 bits per heavy atom. The molecule has 0 amide bonds. The highest BCUT2D eigenvalue weighted by Crippen LogP contribution is 2.30. The van der Waals surface area contributed by atoms with E-state index in [1.54, 1.807) is 12.1 Å². The standard InChI is InChI=1S/C9H10BrNO3/c1-14-9(13)8(11)5-3-2-4-6(12)7(5)10/h2-4,8,12H,11H2,1H3. The quantitative estimate of drug-likeness (QED) is 0.787. The molecule has 0 heterocycles. The van der Waals surface area contributed by atoms with Crippen molar-refractivity contribution in [2.45, 2.75) is 6.04 Å². The summed E-state index contributed by atoms with van der Waals surface area (Å²) in [5.74, 6) is -0.502. The summed E-state index contributed by atoms with van der Waals surface area (Å²) in [6, 6.07) is 3.86. The molecule has 76 valence electrons. The monoisotopic (exact) mass is 259 g/mol. The summed E-state index contributed by atoms with van der Waals surface area (Å²) in [4.78, 5) is 11.1. The summed E-state index contributed by atoms with van der Waals surface area (Å²) in [5, 5.41) is 9.35. The molecule has 14 heavy (non-hydrogen) atoms. The summed E-state index contributed by atoms with van der Waals surface area (Å²) in [5.41, 5.74) is 6.10. The number of halogens is 1. The molecule has 1 aromatic carbocycles. The second kappa shape index (κ2) is 4.43. The Kier molecular flexibility index (Phi) is 3.49. The van der Waals surface area contributed by atoms with Gasteiger partial charge in [-0.1, -0.05) is 12.1 Å². The number of carbonyl (C=O) groups excluding carboxylic acids is 1. The van der Waals surface area contributed by atoms with E-state index in [2.05, 4.69) is 20.7 Å². The van der Waals surface area contributed by atoms with Crippen LogP contribution in [0, 0.1) is 0 Å². The van der Waals surface area contributed by atoms with Gasteiger partial charge in [-0.3, -0.25) is 4.79 Å². The van der Waals surface area contributed by atoms with Crippen molar-refractivity contribution in [2.24, 2.45) is 5.73 Å². The van der Waals surface area contributed by atoms with Crippen molar-refractivity contribution in [3.63, 3.8) is 0 Å². The summed E-state index contributed by atoms with van der Waals surface area (Å²) in [7, 11) is 1.26. The van der Waals surface area contributed by atoms with Crippen molar-refractivity contribution < 1.29 is 14.6 Å². The number of hydrogen-bond donors (Lipinski definition) is 2. The van der Waals surface area contributed by atoms with Gasteiger partial charge < -0.3 is 15.6 Å². The Morgan fingerprint density at radius 2 is 2.29 bits per heavy atom. The minimum atomic E-state index is -0.888. The van der Waals surface area contributed by atoms with Gasteiger partial charge in [0.1, 0.15) is 11.8 Å². The molecule has 3 N–H and O–H groups in total. The summed E-state index contributed by atoms with van der Waals surface area (Å²) < 4.78 is 4.91. The molecule has 0 aliphatic carbocycles. The predicted octanol–water partition coefficient (Wildman–Crippen LogP) is 1.33. The molecule has 0 spiro atoms. The second-order valence-electron chi connectivity index (χ2n) is 2.68. The number of rotatable bonds is 2. The topological polar surface area (TPSA) is 72.5 Å². The fraction of sp³-hybridized carbons (Fsp3) is 0.222. The number of phenolic OH excluding ortho intramolecular Hbond substituents is 1. The average molecular weight is 260 g/mol. The zero-order valence-corrected chi connectivity index (χ0v) is 9.11. The molecule has 0 aliphatic rings. The van der Waals surface area contributed by atoms with Crippen LogP contribution >= 0.6 is 15.9 Å². The van der Waals surface area contributed by atoms with E-state index >= 15 is 0 Å². The van der Waals surface area contributed by atoms with E-state index in [0.29, 0.717) is 10.0 Å². The van der Waals surface area contributed by atoms with Gasteiger partial charge in [0.05, 0.1) is 11.6 Å². The predicted molar refractivity (Wildman–Crippen MR) is 54.8 cm³/mol. The smallest absolute Gasteiger partial charge is 0.327 e. The van der Waals surface area contributed by atoms with Crippen LogP contribution in [0.5, 0.6) is 5.75 Å². The first-order valence-electron chi connectivity index (χ1n) is 3.88. The second-order valence-corrected chi connectivity index (χ2v) is 3.47. The molecule has 0 radical (unpaired) electrons. The molecule has 0 aromatic heterocycles. The number of phenols is 1. The van der Waals surface area contributed by atoms with Crippen molar-refractivity contribution >= 4 is 21.9 Å². The van der Waals surface area contributed by atoms with Crippen LogP contribution in [0.25, 0.3) is 0 Å². The van der Waals surface area contributed by atoms with Gasteiger partial charge in [-0.05, 0) is 27.6 Å². The summed E-state index contributed by atoms with van der Waals surface area (Å²) >= 11 is 3.14. The molecule has 5 heteroatoms. The van der Waals surface area contributed by atoms with Crippen molar-refractivity contribution in [2.75, 3.05) is 7.11 Å². The largest absolute Gasteiger partial charge is 0.507 e. The Labute approximate surface area is 89.8 Å². The summed E-state index contributed by atoms with van der Waals surface area (Å²) in [6.45, 7) is 0. The lowest BCUT2D eigenvalue weighted by Gasteiger charge is -2.11. The Balaban J connectivity index is 3.07. The van der Waals surface area contributed by atoms with Crippen LogP contribution in [0.1, 0.15) is 11.6 Å². The Bertz CT molecular complexity index is 354. The third-order valence-corrected chi connectivity index (χ3v) is 2.66. The SMILES string of the molecule is COC(=O)C(N)c1cccc(O)c1Br. The zero-order chi connectivity index (χ0) is 10.7. The molecule has 0 bridgehead atoms. The van der Waals surface area contributed by atoms with Gasteiger partial charge in [-0.15, -0.1) is 0 Å². The lowest BCUT2D eigenvalue weighted by atomic mass is 10.1.